The number of nitrogens with one attached hydrogen (secondary N) is 2. The van der Waals surface area contributed by atoms with E-state index in [0.29, 0.717) is 13.2 Å². The molecule has 2 fully saturated rings. The topological polar surface area (TPSA) is 61.0 Å². The highest BCUT2D eigenvalue weighted by atomic mass is 16.5. The fraction of sp³-hybridized carbons (Fsp3) is 1.00. The zero-order valence-electron chi connectivity index (χ0n) is 12.3. The lowest BCUT2D eigenvalue weighted by atomic mass is 10.3. The molecule has 20 heavy (non-hydrogen) atoms. The molecule has 0 radical (unpaired) electrons. The summed E-state index contributed by atoms with van der Waals surface area (Å²) in [6.07, 6.45) is 2.50. The minimum Gasteiger partial charge on any atom is -0.379 e. The molecule has 0 saturated carbocycles. The fourth-order valence-electron chi connectivity index (χ4n) is 2.29. The van der Waals surface area contributed by atoms with Crippen LogP contribution in [0.4, 0.5) is 0 Å². The SMILES string of the molecule is C(CCOC[C@H]1CNCCO1)COC[C@H]1CNCCO1. The van der Waals surface area contributed by atoms with Gasteiger partial charge in [0, 0.05) is 39.4 Å². The summed E-state index contributed by atoms with van der Waals surface area (Å²) in [5.74, 6) is 0. The van der Waals surface area contributed by atoms with E-state index in [1.54, 1.807) is 0 Å². The van der Waals surface area contributed by atoms with Gasteiger partial charge >= 0.3 is 0 Å². The van der Waals surface area contributed by atoms with Crippen molar-refractivity contribution in [1.29, 1.82) is 0 Å². The molecule has 2 aliphatic heterocycles. The highest BCUT2D eigenvalue weighted by Gasteiger charge is 2.13. The van der Waals surface area contributed by atoms with E-state index in [4.69, 9.17) is 18.9 Å². The van der Waals surface area contributed by atoms with Crippen molar-refractivity contribution in [3.63, 3.8) is 0 Å². The molecule has 118 valence electrons. The second-order valence-corrected chi connectivity index (χ2v) is 5.25. The van der Waals surface area contributed by atoms with Gasteiger partial charge in [0.05, 0.1) is 38.6 Å². The maximum atomic E-state index is 5.61. The second-order valence-electron chi connectivity index (χ2n) is 5.25. The van der Waals surface area contributed by atoms with E-state index in [1.807, 2.05) is 0 Å². The van der Waals surface area contributed by atoms with Gasteiger partial charge in [-0.1, -0.05) is 0 Å². The Kier molecular flexibility index (Phi) is 8.46. The van der Waals surface area contributed by atoms with Crippen LogP contribution >= 0.6 is 0 Å². The third-order valence-electron chi connectivity index (χ3n) is 3.44. The lowest BCUT2D eigenvalue weighted by molar-refractivity contribution is -0.0386. The molecular formula is C14H28N2O4. The zero-order valence-corrected chi connectivity index (χ0v) is 12.3. The maximum Gasteiger partial charge on any atom is 0.0933 e. The third kappa shape index (κ3) is 6.97. The number of rotatable bonds is 9. The largest absolute Gasteiger partial charge is 0.379 e. The van der Waals surface area contributed by atoms with Crippen LogP contribution in [0.2, 0.25) is 0 Å². The molecule has 0 aromatic carbocycles. The van der Waals surface area contributed by atoms with Crippen LogP contribution in [0, 0.1) is 0 Å². The summed E-state index contributed by atoms with van der Waals surface area (Å²) in [5.41, 5.74) is 0. The van der Waals surface area contributed by atoms with Gasteiger partial charge in [-0.25, -0.2) is 0 Å². The number of morpholine rings is 2. The van der Waals surface area contributed by atoms with Gasteiger partial charge in [-0.2, -0.15) is 0 Å². The number of hydrogen-bond acceptors (Lipinski definition) is 6. The maximum absolute atomic E-state index is 5.61. The Bertz CT molecular complexity index is 207. The molecular weight excluding hydrogens is 260 g/mol. The molecule has 0 aromatic heterocycles. The van der Waals surface area contributed by atoms with Crippen LogP contribution in [0.25, 0.3) is 0 Å². The van der Waals surface area contributed by atoms with Crippen molar-refractivity contribution >= 4 is 0 Å². The van der Waals surface area contributed by atoms with Gasteiger partial charge in [0.25, 0.3) is 0 Å². The van der Waals surface area contributed by atoms with E-state index in [9.17, 15) is 0 Å². The second kappa shape index (κ2) is 10.5. The average Bonchev–Trinajstić information content (AvgIpc) is 2.52. The first-order valence-electron chi connectivity index (χ1n) is 7.75. The monoisotopic (exact) mass is 288 g/mol. The van der Waals surface area contributed by atoms with Gasteiger partial charge in [-0.3, -0.25) is 0 Å². The predicted octanol–water partition coefficient (Wildman–Crippen LogP) is -0.223. The Hall–Kier alpha value is -0.240. The Labute approximate surface area is 121 Å². The first kappa shape index (κ1) is 16.1. The molecule has 2 rings (SSSR count). The summed E-state index contributed by atoms with van der Waals surface area (Å²) in [5, 5.41) is 6.59. The smallest absolute Gasteiger partial charge is 0.0933 e. The lowest BCUT2D eigenvalue weighted by Crippen LogP contribution is -2.41. The van der Waals surface area contributed by atoms with Crippen molar-refractivity contribution in [3.05, 3.63) is 0 Å². The third-order valence-corrected chi connectivity index (χ3v) is 3.44. The van der Waals surface area contributed by atoms with Crippen molar-refractivity contribution < 1.29 is 18.9 Å². The highest BCUT2D eigenvalue weighted by Crippen LogP contribution is 2.00. The minimum atomic E-state index is 0.218. The molecule has 2 aliphatic rings. The first-order valence-corrected chi connectivity index (χ1v) is 7.75. The van der Waals surface area contributed by atoms with E-state index in [2.05, 4.69) is 10.6 Å². The molecule has 0 unspecified atom stereocenters. The van der Waals surface area contributed by atoms with E-state index in [-0.39, 0.29) is 12.2 Å². The van der Waals surface area contributed by atoms with Gasteiger partial charge < -0.3 is 29.6 Å². The molecule has 2 saturated heterocycles. The average molecular weight is 288 g/mol. The van der Waals surface area contributed by atoms with E-state index in [1.165, 1.54) is 0 Å². The normalized spacial score (nSPS) is 27.6. The summed E-state index contributed by atoms with van der Waals surface area (Å²) >= 11 is 0. The number of hydrogen-bond donors (Lipinski definition) is 2. The lowest BCUT2D eigenvalue weighted by Gasteiger charge is -2.23. The van der Waals surface area contributed by atoms with Gasteiger partial charge in [-0.05, 0) is 12.8 Å². The molecule has 0 amide bonds. The molecule has 0 bridgehead atoms. The van der Waals surface area contributed by atoms with Crippen molar-refractivity contribution in [2.75, 3.05) is 65.8 Å². The van der Waals surface area contributed by atoms with Crippen LogP contribution in [0.3, 0.4) is 0 Å². The summed E-state index contributed by atoms with van der Waals surface area (Å²) in [7, 11) is 0. The molecule has 6 nitrogen and oxygen atoms in total. The van der Waals surface area contributed by atoms with Crippen LogP contribution in [0.5, 0.6) is 0 Å². The Morgan fingerprint density at radius 2 is 1.30 bits per heavy atom. The minimum absolute atomic E-state index is 0.218. The van der Waals surface area contributed by atoms with E-state index < -0.39 is 0 Å². The van der Waals surface area contributed by atoms with E-state index >= 15 is 0 Å². The predicted molar refractivity (Wildman–Crippen MR) is 76.1 cm³/mol. The quantitative estimate of drug-likeness (QED) is 0.572. The number of unbranched alkanes of at least 4 members (excludes halogenated alkanes) is 1. The highest BCUT2D eigenvalue weighted by molar-refractivity contribution is 4.66. The summed E-state index contributed by atoms with van der Waals surface area (Å²) in [4.78, 5) is 0. The van der Waals surface area contributed by atoms with E-state index in [0.717, 1.165) is 65.4 Å². The van der Waals surface area contributed by atoms with Crippen LogP contribution in [-0.4, -0.2) is 78.0 Å². The van der Waals surface area contributed by atoms with Crippen molar-refractivity contribution in [1.82, 2.24) is 10.6 Å². The summed E-state index contributed by atoms with van der Waals surface area (Å²) in [6.45, 7) is 8.24. The fourth-order valence-corrected chi connectivity index (χ4v) is 2.29. The van der Waals surface area contributed by atoms with Gasteiger partial charge in [-0.15, -0.1) is 0 Å². The molecule has 2 heterocycles. The van der Waals surface area contributed by atoms with Gasteiger partial charge in [0.2, 0.25) is 0 Å². The van der Waals surface area contributed by atoms with Crippen LogP contribution in [0.1, 0.15) is 12.8 Å². The van der Waals surface area contributed by atoms with Crippen molar-refractivity contribution in [2.24, 2.45) is 0 Å². The number of ether oxygens (including phenoxy) is 4. The molecule has 0 aromatic rings. The Morgan fingerprint density at radius 1 is 0.800 bits per heavy atom. The standard InChI is InChI=1S/C14H28N2O4/c1(5-17-11-13-9-15-3-7-19-13)2-6-18-12-14-10-16-4-8-20-14/h13-16H,1-12H2/t13-,14-/m1/s1. The van der Waals surface area contributed by atoms with Gasteiger partial charge in [0.1, 0.15) is 0 Å². The van der Waals surface area contributed by atoms with Gasteiger partial charge in [0.15, 0.2) is 0 Å². The molecule has 6 heteroatoms. The molecule has 0 aliphatic carbocycles. The van der Waals surface area contributed by atoms with Crippen LogP contribution in [-0.2, 0) is 18.9 Å². The summed E-state index contributed by atoms with van der Waals surface area (Å²) in [6, 6.07) is 0. The van der Waals surface area contributed by atoms with Crippen LogP contribution in [0.15, 0.2) is 0 Å². The zero-order chi connectivity index (χ0) is 13.9. The van der Waals surface area contributed by atoms with Crippen LogP contribution < -0.4 is 10.6 Å². The molecule has 2 N–H and O–H groups in total. The Balaban J connectivity index is 1.33. The van der Waals surface area contributed by atoms with Crippen molar-refractivity contribution in [2.45, 2.75) is 25.0 Å². The van der Waals surface area contributed by atoms with Crippen molar-refractivity contribution in [3.8, 4) is 0 Å². The summed E-state index contributed by atoms with van der Waals surface area (Å²) < 4.78 is 22.3. The first-order chi connectivity index (χ1) is 9.95. The molecule has 2 atom stereocenters. The molecule has 0 spiro atoms. The Morgan fingerprint density at radius 3 is 1.70 bits per heavy atom.